The zero-order valence-electron chi connectivity index (χ0n) is 15.2. The van der Waals surface area contributed by atoms with Crippen LogP contribution < -0.4 is 5.32 Å². The highest BCUT2D eigenvalue weighted by atomic mass is 16.5. The fourth-order valence-corrected chi connectivity index (χ4v) is 2.64. The smallest absolute Gasteiger partial charge is 0.307 e. The number of benzene rings is 2. The van der Waals surface area contributed by atoms with Gasteiger partial charge in [0.05, 0.1) is 6.42 Å². The second-order valence-electron chi connectivity index (χ2n) is 6.09. The predicted molar refractivity (Wildman–Crippen MR) is 100 cm³/mol. The maximum Gasteiger partial charge on any atom is 0.307 e. The molecule has 0 saturated heterocycles. The molecule has 0 bridgehead atoms. The molecule has 1 unspecified atom stereocenters. The normalized spacial score (nSPS) is 11.5. The first kappa shape index (κ1) is 19.4. The molecule has 2 rings (SSSR count). The van der Waals surface area contributed by atoms with Gasteiger partial charge in [0.25, 0.3) is 0 Å². The molecule has 26 heavy (non-hydrogen) atoms. The van der Waals surface area contributed by atoms with Gasteiger partial charge in [0.2, 0.25) is 0 Å². The molecule has 136 valence electrons. The predicted octanol–water partition coefficient (Wildman–Crippen LogP) is 3.87. The lowest BCUT2D eigenvalue weighted by Gasteiger charge is -2.16. The summed E-state index contributed by atoms with van der Waals surface area (Å²) in [5, 5.41) is 2.99. The van der Waals surface area contributed by atoms with Crippen molar-refractivity contribution in [2.24, 2.45) is 0 Å². The summed E-state index contributed by atoms with van der Waals surface area (Å²) < 4.78 is 5.33. The summed E-state index contributed by atoms with van der Waals surface area (Å²) in [7, 11) is 1.79. The van der Waals surface area contributed by atoms with Crippen molar-refractivity contribution < 1.29 is 19.1 Å². The summed E-state index contributed by atoms with van der Waals surface area (Å²) in [5.74, 6) is -0.941. The van der Waals surface area contributed by atoms with E-state index in [0.29, 0.717) is 11.1 Å². The Balaban J connectivity index is 1.98. The lowest BCUT2D eigenvalue weighted by Crippen LogP contribution is -2.18. The molecule has 0 amide bonds. The molecule has 0 saturated carbocycles. The summed E-state index contributed by atoms with van der Waals surface area (Å²) in [6, 6.07) is 14.3. The number of hydrogen-bond donors (Lipinski definition) is 1. The largest absolute Gasteiger partial charge is 0.449 e. The summed E-state index contributed by atoms with van der Waals surface area (Å²) in [6.07, 6.45) is -0.972. The maximum atomic E-state index is 12.2. The Hall–Kier alpha value is -2.95. The second-order valence-corrected chi connectivity index (χ2v) is 6.09. The Kier molecular flexibility index (Phi) is 6.67. The molecule has 0 aliphatic carbocycles. The van der Waals surface area contributed by atoms with Gasteiger partial charge in [-0.15, -0.1) is 0 Å². The highest BCUT2D eigenvalue weighted by Gasteiger charge is 2.22. The van der Waals surface area contributed by atoms with Crippen molar-refractivity contribution in [1.82, 2.24) is 0 Å². The molecular formula is C21H23NO4. The number of ether oxygens (including phenoxy) is 1. The van der Waals surface area contributed by atoms with Crippen LogP contribution in [0, 0.1) is 6.92 Å². The van der Waals surface area contributed by atoms with Gasteiger partial charge >= 0.3 is 5.97 Å². The molecule has 0 aliphatic rings. The molecule has 0 aromatic heterocycles. The standard InChI is InChI=1S/C21H23NO4/c1-14-6-4-5-7-18(14)19(24)12-13-20(25)26-21(15(2)23)16-8-10-17(22-3)11-9-16/h4-11,21-22H,12-13H2,1-3H3. The number of nitrogens with one attached hydrogen (secondary N) is 1. The Morgan fingerprint density at radius 2 is 1.65 bits per heavy atom. The molecule has 0 aliphatic heterocycles. The first-order valence-electron chi connectivity index (χ1n) is 8.49. The number of ketones is 2. The van der Waals surface area contributed by atoms with Gasteiger partial charge in [-0.25, -0.2) is 0 Å². The van der Waals surface area contributed by atoms with E-state index < -0.39 is 12.1 Å². The van der Waals surface area contributed by atoms with Crippen LogP contribution in [0.15, 0.2) is 48.5 Å². The third kappa shape index (κ3) is 5.02. The number of carbonyl (C=O) groups excluding carboxylic acids is 3. The number of aryl methyl sites for hydroxylation is 1. The summed E-state index contributed by atoms with van der Waals surface area (Å²) in [5.41, 5.74) is 2.98. The van der Waals surface area contributed by atoms with E-state index in [-0.39, 0.29) is 24.4 Å². The van der Waals surface area contributed by atoms with Crippen LogP contribution in [0.4, 0.5) is 5.69 Å². The Morgan fingerprint density at radius 3 is 2.23 bits per heavy atom. The Bertz CT molecular complexity index is 796. The van der Waals surface area contributed by atoms with Crippen LogP contribution in [0.25, 0.3) is 0 Å². The zero-order valence-corrected chi connectivity index (χ0v) is 15.2. The summed E-state index contributed by atoms with van der Waals surface area (Å²) >= 11 is 0. The van der Waals surface area contributed by atoms with E-state index >= 15 is 0 Å². The lowest BCUT2D eigenvalue weighted by atomic mass is 10.0. The average molecular weight is 353 g/mol. The van der Waals surface area contributed by atoms with Crippen molar-refractivity contribution in [1.29, 1.82) is 0 Å². The van der Waals surface area contributed by atoms with Crippen LogP contribution in [-0.4, -0.2) is 24.6 Å². The topological polar surface area (TPSA) is 72.5 Å². The fraction of sp³-hybridized carbons (Fsp3) is 0.286. The monoisotopic (exact) mass is 353 g/mol. The number of hydrogen-bond acceptors (Lipinski definition) is 5. The minimum atomic E-state index is -0.957. The van der Waals surface area contributed by atoms with Crippen molar-refractivity contribution in [3.8, 4) is 0 Å². The molecule has 5 heteroatoms. The van der Waals surface area contributed by atoms with E-state index in [2.05, 4.69) is 5.32 Å². The van der Waals surface area contributed by atoms with Gasteiger partial charge in [0.1, 0.15) is 0 Å². The highest BCUT2D eigenvalue weighted by molar-refractivity contribution is 5.98. The van der Waals surface area contributed by atoms with Crippen LogP contribution in [0.2, 0.25) is 0 Å². The minimum Gasteiger partial charge on any atom is -0.449 e. The summed E-state index contributed by atoms with van der Waals surface area (Å²) in [6.45, 7) is 3.23. The first-order valence-corrected chi connectivity index (χ1v) is 8.49. The van der Waals surface area contributed by atoms with Crippen molar-refractivity contribution >= 4 is 23.2 Å². The number of Topliss-reactive ketones (excluding diaryl/α,β-unsaturated/α-hetero) is 2. The maximum absolute atomic E-state index is 12.2. The molecule has 0 fully saturated rings. The molecule has 2 aromatic carbocycles. The van der Waals surface area contributed by atoms with Crippen LogP contribution in [0.3, 0.4) is 0 Å². The molecule has 0 heterocycles. The molecule has 0 radical (unpaired) electrons. The van der Waals surface area contributed by atoms with Gasteiger partial charge in [0.15, 0.2) is 17.7 Å². The van der Waals surface area contributed by atoms with E-state index in [0.717, 1.165) is 11.3 Å². The van der Waals surface area contributed by atoms with Gasteiger partial charge in [-0.1, -0.05) is 36.4 Å². The molecular weight excluding hydrogens is 330 g/mol. The van der Waals surface area contributed by atoms with Crippen molar-refractivity contribution in [2.75, 3.05) is 12.4 Å². The van der Waals surface area contributed by atoms with Gasteiger partial charge in [-0.2, -0.15) is 0 Å². The number of rotatable bonds is 8. The molecule has 0 spiro atoms. The third-order valence-corrected chi connectivity index (χ3v) is 4.12. The van der Waals surface area contributed by atoms with Crippen LogP contribution in [-0.2, 0) is 14.3 Å². The van der Waals surface area contributed by atoms with Gasteiger partial charge < -0.3 is 10.1 Å². The second kappa shape index (κ2) is 8.94. The summed E-state index contributed by atoms with van der Waals surface area (Å²) in [4.78, 5) is 36.3. The van der Waals surface area contributed by atoms with E-state index in [4.69, 9.17) is 4.74 Å². The molecule has 2 aromatic rings. The first-order chi connectivity index (χ1) is 12.4. The van der Waals surface area contributed by atoms with Crippen LogP contribution in [0.5, 0.6) is 0 Å². The van der Waals surface area contributed by atoms with E-state index in [1.54, 1.807) is 43.4 Å². The van der Waals surface area contributed by atoms with E-state index in [9.17, 15) is 14.4 Å². The third-order valence-electron chi connectivity index (χ3n) is 4.12. The lowest BCUT2D eigenvalue weighted by molar-refractivity contribution is -0.155. The molecule has 5 nitrogen and oxygen atoms in total. The minimum absolute atomic E-state index is 0.0486. The van der Waals surface area contributed by atoms with Crippen LogP contribution in [0.1, 0.15) is 47.4 Å². The average Bonchev–Trinajstić information content (AvgIpc) is 2.64. The van der Waals surface area contributed by atoms with Gasteiger partial charge in [-0.05, 0) is 31.5 Å². The number of carbonyl (C=O) groups is 3. The quantitative estimate of drug-likeness (QED) is 0.576. The van der Waals surface area contributed by atoms with E-state index in [1.165, 1.54) is 6.92 Å². The molecule has 1 atom stereocenters. The van der Waals surface area contributed by atoms with Crippen molar-refractivity contribution in [3.05, 3.63) is 65.2 Å². The SMILES string of the molecule is CNc1ccc(C(OC(=O)CCC(=O)c2ccccc2C)C(C)=O)cc1. The Labute approximate surface area is 153 Å². The number of anilines is 1. The van der Waals surface area contributed by atoms with Crippen molar-refractivity contribution in [3.63, 3.8) is 0 Å². The van der Waals surface area contributed by atoms with Gasteiger partial charge in [-0.3, -0.25) is 14.4 Å². The molecule has 1 N–H and O–H groups in total. The van der Waals surface area contributed by atoms with E-state index in [1.807, 2.05) is 19.1 Å². The zero-order chi connectivity index (χ0) is 19.1. The van der Waals surface area contributed by atoms with Crippen LogP contribution >= 0.6 is 0 Å². The Morgan fingerprint density at radius 1 is 1.00 bits per heavy atom. The number of esters is 1. The highest BCUT2D eigenvalue weighted by Crippen LogP contribution is 2.22. The van der Waals surface area contributed by atoms with Gasteiger partial charge in [0, 0.05) is 30.3 Å². The fourth-order valence-electron chi connectivity index (χ4n) is 2.64. The van der Waals surface area contributed by atoms with Crippen molar-refractivity contribution in [2.45, 2.75) is 32.8 Å².